The van der Waals surface area contributed by atoms with Crippen molar-refractivity contribution in [3.8, 4) is 0 Å². The van der Waals surface area contributed by atoms with E-state index in [1.165, 1.54) is 23.1 Å². The zero-order valence-corrected chi connectivity index (χ0v) is 22.9. The predicted octanol–water partition coefficient (Wildman–Crippen LogP) is 7.20. The summed E-state index contributed by atoms with van der Waals surface area (Å²) < 4.78 is 0. The first-order valence-corrected chi connectivity index (χ1v) is 13.9. The molecule has 0 fully saturated rings. The van der Waals surface area contributed by atoms with Crippen LogP contribution in [0.2, 0.25) is 10.0 Å². The standard InChI is InChI=1S/C28H21Cl2N3O3S2/c29-19-8-13-23(30)24(15-19)32-26(34)17-38-21-11-9-20(10-12-21)31-28(36)25(16-22-7-4-14-37-22)33-27(35)18-5-2-1-3-6-18/h1-16H,17H2,(H,31,36)(H,32,34)(H,33,35)/b25-16-. The summed E-state index contributed by atoms with van der Waals surface area (Å²) >= 11 is 14.8. The molecule has 0 aliphatic rings. The molecule has 10 heteroatoms. The van der Waals surface area contributed by atoms with Crippen molar-refractivity contribution in [1.29, 1.82) is 0 Å². The van der Waals surface area contributed by atoms with Gasteiger partial charge >= 0.3 is 0 Å². The van der Waals surface area contributed by atoms with E-state index >= 15 is 0 Å². The minimum atomic E-state index is -0.458. The molecule has 0 saturated heterocycles. The summed E-state index contributed by atoms with van der Waals surface area (Å²) in [5, 5.41) is 11.0. The number of thioether (sulfide) groups is 1. The Morgan fingerprint density at radius 3 is 2.34 bits per heavy atom. The molecule has 6 nitrogen and oxygen atoms in total. The van der Waals surface area contributed by atoms with Crippen LogP contribution >= 0.6 is 46.3 Å². The van der Waals surface area contributed by atoms with Crippen molar-refractivity contribution in [1.82, 2.24) is 5.32 Å². The zero-order valence-electron chi connectivity index (χ0n) is 19.7. The number of thiophene rings is 1. The molecule has 38 heavy (non-hydrogen) atoms. The number of hydrogen-bond donors (Lipinski definition) is 3. The maximum absolute atomic E-state index is 13.1. The Labute approximate surface area is 238 Å². The van der Waals surface area contributed by atoms with Gasteiger partial charge < -0.3 is 16.0 Å². The lowest BCUT2D eigenvalue weighted by Crippen LogP contribution is -2.30. The number of nitrogens with one attached hydrogen (secondary N) is 3. The van der Waals surface area contributed by atoms with Crippen molar-refractivity contribution in [2.24, 2.45) is 0 Å². The molecule has 0 spiro atoms. The van der Waals surface area contributed by atoms with Crippen molar-refractivity contribution in [3.63, 3.8) is 0 Å². The fraction of sp³-hybridized carbons (Fsp3) is 0.0357. The molecule has 0 aliphatic heterocycles. The number of halogens is 2. The van der Waals surface area contributed by atoms with Crippen LogP contribution in [0.15, 0.2) is 101 Å². The van der Waals surface area contributed by atoms with Gasteiger partial charge in [0.05, 0.1) is 16.5 Å². The Kier molecular flexibility index (Phi) is 9.62. The molecule has 3 amide bonds. The molecule has 0 atom stereocenters. The number of benzene rings is 3. The Balaban J connectivity index is 1.37. The molecule has 1 aromatic heterocycles. The number of anilines is 2. The highest BCUT2D eigenvalue weighted by atomic mass is 35.5. The molecule has 0 unspecified atom stereocenters. The van der Waals surface area contributed by atoms with E-state index < -0.39 is 5.91 Å². The highest BCUT2D eigenvalue weighted by molar-refractivity contribution is 8.00. The SMILES string of the molecule is O=C(CSc1ccc(NC(=O)/C(=C/c2cccs2)NC(=O)c2ccccc2)cc1)Nc1cc(Cl)ccc1Cl. The topological polar surface area (TPSA) is 87.3 Å². The molecule has 0 aliphatic carbocycles. The van der Waals surface area contributed by atoms with Crippen LogP contribution in [-0.2, 0) is 9.59 Å². The van der Waals surface area contributed by atoms with Gasteiger partial charge in [-0.3, -0.25) is 14.4 Å². The fourth-order valence-corrected chi connectivity index (χ4v) is 4.91. The van der Waals surface area contributed by atoms with Gasteiger partial charge in [0.2, 0.25) is 5.91 Å². The summed E-state index contributed by atoms with van der Waals surface area (Å²) in [5.41, 5.74) is 1.56. The summed E-state index contributed by atoms with van der Waals surface area (Å²) in [6.07, 6.45) is 1.63. The first-order chi connectivity index (χ1) is 18.4. The van der Waals surface area contributed by atoms with Crippen molar-refractivity contribution in [2.75, 3.05) is 16.4 Å². The lowest BCUT2D eigenvalue weighted by Gasteiger charge is -2.11. The number of carbonyl (C=O) groups excluding carboxylic acids is 3. The van der Waals surface area contributed by atoms with Crippen LogP contribution in [0.25, 0.3) is 6.08 Å². The van der Waals surface area contributed by atoms with Gasteiger partial charge in [0.25, 0.3) is 11.8 Å². The zero-order chi connectivity index (χ0) is 26.9. The smallest absolute Gasteiger partial charge is 0.272 e. The Morgan fingerprint density at radius 2 is 1.63 bits per heavy atom. The van der Waals surface area contributed by atoms with E-state index in [0.29, 0.717) is 27.0 Å². The normalized spacial score (nSPS) is 11.1. The van der Waals surface area contributed by atoms with Crippen molar-refractivity contribution in [3.05, 3.63) is 116 Å². The molecule has 0 saturated carbocycles. The monoisotopic (exact) mass is 581 g/mol. The summed E-state index contributed by atoms with van der Waals surface area (Å²) in [7, 11) is 0. The molecule has 3 N–H and O–H groups in total. The predicted molar refractivity (Wildman–Crippen MR) is 157 cm³/mol. The summed E-state index contributed by atoms with van der Waals surface area (Å²) in [6.45, 7) is 0. The summed E-state index contributed by atoms with van der Waals surface area (Å²) in [5.74, 6) is -0.907. The van der Waals surface area contributed by atoms with Crippen molar-refractivity contribution < 1.29 is 14.4 Å². The number of rotatable bonds is 9. The third kappa shape index (κ3) is 7.97. The molecule has 0 radical (unpaired) electrons. The molecule has 192 valence electrons. The van der Waals surface area contributed by atoms with Crippen molar-refractivity contribution in [2.45, 2.75) is 4.90 Å². The van der Waals surface area contributed by atoms with Crippen LogP contribution in [-0.4, -0.2) is 23.5 Å². The van der Waals surface area contributed by atoms with Crippen LogP contribution in [0.4, 0.5) is 11.4 Å². The lowest BCUT2D eigenvalue weighted by atomic mass is 10.2. The Bertz CT molecular complexity index is 1460. The van der Waals surface area contributed by atoms with Crippen LogP contribution in [0.1, 0.15) is 15.2 Å². The maximum atomic E-state index is 13.1. The third-order valence-electron chi connectivity index (χ3n) is 5.04. The molecule has 3 aromatic carbocycles. The van der Waals surface area contributed by atoms with Gasteiger partial charge in [-0.05, 0) is 72.1 Å². The van der Waals surface area contributed by atoms with E-state index in [4.69, 9.17) is 23.2 Å². The quantitative estimate of drug-likeness (QED) is 0.144. The average molecular weight is 583 g/mol. The Morgan fingerprint density at radius 1 is 0.868 bits per heavy atom. The molecule has 0 bridgehead atoms. The second-order valence-electron chi connectivity index (χ2n) is 7.83. The van der Waals surface area contributed by atoms with Crippen LogP contribution in [0.3, 0.4) is 0 Å². The largest absolute Gasteiger partial charge is 0.324 e. The highest BCUT2D eigenvalue weighted by Crippen LogP contribution is 2.26. The van der Waals surface area contributed by atoms with Crippen molar-refractivity contribution >= 4 is 81.5 Å². The van der Waals surface area contributed by atoms with E-state index in [0.717, 1.165) is 9.77 Å². The van der Waals surface area contributed by atoms with E-state index in [-0.39, 0.29) is 23.3 Å². The first-order valence-electron chi connectivity index (χ1n) is 11.3. The third-order valence-corrected chi connectivity index (χ3v) is 7.44. The minimum absolute atomic E-state index is 0.121. The van der Waals surface area contributed by atoms with Crippen LogP contribution in [0.5, 0.6) is 0 Å². The number of amides is 3. The van der Waals surface area contributed by atoms with Crippen LogP contribution < -0.4 is 16.0 Å². The van der Waals surface area contributed by atoms with Gasteiger partial charge in [0, 0.05) is 26.0 Å². The summed E-state index contributed by atoms with van der Waals surface area (Å²) in [6, 6.07) is 24.3. The van der Waals surface area contributed by atoms with E-state index in [2.05, 4.69) is 16.0 Å². The second kappa shape index (κ2) is 13.3. The van der Waals surface area contributed by atoms with Gasteiger partial charge in [-0.1, -0.05) is 47.5 Å². The first kappa shape index (κ1) is 27.5. The lowest BCUT2D eigenvalue weighted by molar-refractivity contribution is -0.114. The number of carbonyl (C=O) groups is 3. The molecular weight excluding hydrogens is 561 g/mol. The highest BCUT2D eigenvalue weighted by Gasteiger charge is 2.15. The molecular formula is C28H21Cl2N3O3S2. The Hall–Kier alpha value is -3.56. The average Bonchev–Trinajstić information content (AvgIpc) is 3.43. The van der Waals surface area contributed by atoms with Gasteiger partial charge in [0.1, 0.15) is 5.70 Å². The second-order valence-corrected chi connectivity index (χ2v) is 10.7. The van der Waals surface area contributed by atoms with E-state index in [9.17, 15) is 14.4 Å². The summed E-state index contributed by atoms with van der Waals surface area (Å²) in [4.78, 5) is 39.7. The molecule has 4 rings (SSSR count). The number of hydrogen-bond acceptors (Lipinski definition) is 5. The van der Waals surface area contributed by atoms with Gasteiger partial charge in [0.15, 0.2) is 0 Å². The van der Waals surface area contributed by atoms with Crippen LogP contribution in [0, 0.1) is 0 Å². The fourth-order valence-electron chi connectivity index (χ4n) is 3.22. The van der Waals surface area contributed by atoms with Gasteiger partial charge in [-0.15, -0.1) is 23.1 Å². The van der Waals surface area contributed by atoms with E-state index in [1.807, 2.05) is 23.6 Å². The minimum Gasteiger partial charge on any atom is -0.324 e. The van der Waals surface area contributed by atoms with Gasteiger partial charge in [-0.25, -0.2) is 0 Å². The maximum Gasteiger partial charge on any atom is 0.272 e. The molecule has 4 aromatic rings. The van der Waals surface area contributed by atoms with E-state index in [1.54, 1.807) is 72.8 Å². The molecule has 1 heterocycles. The van der Waals surface area contributed by atoms with Gasteiger partial charge in [-0.2, -0.15) is 0 Å².